The molecule has 1 unspecified atom stereocenters. The molecule has 1 saturated carbocycles. The number of likely N-dealkylation sites (tertiary alicyclic amines) is 1. The number of hydrogen-bond acceptors (Lipinski definition) is 4. The van der Waals surface area contributed by atoms with Gasteiger partial charge in [0.25, 0.3) is 0 Å². The fourth-order valence-electron chi connectivity index (χ4n) is 2.80. The number of hydrogen-bond donors (Lipinski definition) is 1. The van der Waals surface area contributed by atoms with Crippen LogP contribution in [0.5, 0.6) is 0 Å². The number of nitrogens with zero attached hydrogens (tertiary/aromatic N) is 1. The van der Waals surface area contributed by atoms with Crippen molar-refractivity contribution in [3.8, 4) is 0 Å². The number of rotatable bonds is 6. The highest BCUT2D eigenvalue weighted by molar-refractivity contribution is 7.91. The van der Waals surface area contributed by atoms with Crippen LogP contribution in [0, 0.1) is 5.92 Å². The molecule has 6 heteroatoms. The summed E-state index contributed by atoms with van der Waals surface area (Å²) < 4.78 is 23.2. The summed E-state index contributed by atoms with van der Waals surface area (Å²) in [7, 11) is -2.92. The maximum absolute atomic E-state index is 11.9. The second kappa shape index (κ2) is 6.43. The van der Waals surface area contributed by atoms with Crippen LogP contribution in [0.4, 0.5) is 0 Å². The lowest BCUT2D eigenvalue weighted by Gasteiger charge is -2.34. The van der Waals surface area contributed by atoms with Gasteiger partial charge >= 0.3 is 0 Å². The molecule has 1 aliphatic carbocycles. The van der Waals surface area contributed by atoms with Crippen LogP contribution in [0.3, 0.4) is 0 Å². The van der Waals surface area contributed by atoms with Crippen molar-refractivity contribution in [1.82, 2.24) is 10.2 Å². The van der Waals surface area contributed by atoms with E-state index in [1.165, 1.54) is 0 Å². The SMILES string of the molecule is CCS(=O)(=O)CC(C)NC1CCN(C(=O)C2CC2)CC1. The van der Waals surface area contributed by atoms with Gasteiger partial charge in [-0.05, 0) is 32.6 Å². The van der Waals surface area contributed by atoms with E-state index in [2.05, 4.69) is 5.32 Å². The van der Waals surface area contributed by atoms with Crippen molar-refractivity contribution in [3.05, 3.63) is 0 Å². The van der Waals surface area contributed by atoms with Crippen LogP contribution in [-0.2, 0) is 14.6 Å². The van der Waals surface area contributed by atoms with E-state index >= 15 is 0 Å². The van der Waals surface area contributed by atoms with Crippen molar-refractivity contribution >= 4 is 15.7 Å². The van der Waals surface area contributed by atoms with E-state index < -0.39 is 9.84 Å². The lowest BCUT2D eigenvalue weighted by atomic mass is 10.0. The Kier molecular flexibility index (Phi) is 5.07. The molecule has 1 atom stereocenters. The van der Waals surface area contributed by atoms with E-state index in [1.807, 2.05) is 11.8 Å². The lowest BCUT2D eigenvalue weighted by molar-refractivity contribution is -0.133. The molecular weight excluding hydrogens is 276 g/mol. The van der Waals surface area contributed by atoms with Crippen LogP contribution in [0.25, 0.3) is 0 Å². The first-order valence-corrected chi connectivity index (χ1v) is 9.48. The highest BCUT2D eigenvalue weighted by Gasteiger charge is 2.35. The second-order valence-corrected chi connectivity index (χ2v) is 8.54. The molecule has 1 aliphatic heterocycles. The number of amides is 1. The summed E-state index contributed by atoms with van der Waals surface area (Å²) >= 11 is 0. The predicted molar refractivity (Wildman–Crippen MR) is 79.3 cm³/mol. The average molecular weight is 302 g/mol. The first-order valence-electron chi connectivity index (χ1n) is 7.66. The maximum atomic E-state index is 11.9. The fourth-order valence-corrected chi connectivity index (χ4v) is 3.90. The minimum Gasteiger partial charge on any atom is -0.342 e. The molecule has 20 heavy (non-hydrogen) atoms. The van der Waals surface area contributed by atoms with Gasteiger partial charge in [-0.3, -0.25) is 4.79 Å². The Bertz CT molecular complexity index is 437. The van der Waals surface area contributed by atoms with E-state index in [9.17, 15) is 13.2 Å². The molecule has 0 aromatic carbocycles. The summed E-state index contributed by atoms with van der Waals surface area (Å²) in [5, 5.41) is 3.40. The van der Waals surface area contributed by atoms with Crippen LogP contribution in [0.2, 0.25) is 0 Å². The number of sulfone groups is 1. The first kappa shape index (κ1) is 15.8. The standard InChI is InChI=1S/C14H26N2O3S/c1-3-20(18,19)10-11(2)15-13-6-8-16(9-7-13)14(17)12-4-5-12/h11-13,15H,3-10H2,1-2H3. The third kappa shape index (κ3) is 4.45. The number of carbonyl (C=O) groups excluding carboxylic acids is 1. The van der Waals surface area contributed by atoms with Crippen molar-refractivity contribution < 1.29 is 13.2 Å². The van der Waals surface area contributed by atoms with E-state index in [0.29, 0.717) is 17.9 Å². The molecule has 1 N–H and O–H groups in total. The fraction of sp³-hybridized carbons (Fsp3) is 0.929. The van der Waals surface area contributed by atoms with Crippen molar-refractivity contribution in [2.75, 3.05) is 24.6 Å². The number of carbonyl (C=O) groups is 1. The molecule has 5 nitrogen and oxygen atoms in total. The number of nitrogens with one attached hydrogen (secondary N) is 1. The van der Waals surface area contributed by atoms with E-state index in [4.69, 9.17) is 0 Å². The van der Waals surface area contributed by atoms with E-state index in [-0.39, 0.29) is 17.5 Å². The lowest BCUT2D eigenvalue weighted by Crippen LogP contribution is -2.48. The zero-order valence-corrected chi connectivity index (χ0v) is 13.3. The van der Waals surface area contributed by atoms with Gasteiger partial charge in [0.05, 0.1) is 5.75 Å². The summed E-state index contributed by atoms with van der Waals surface area (Å²) in [4.78, 5) is 13.9. The molecule has 0 spiro atoms. The highest BCUT2D eigenvalue weighted by atomic mass is 32.2. The molecule has 1 saturated heterocycles. The Morgan fingerprint density at radius 2 is 1.85 bits per heavy atom. The minimum atomic E-state index is -2.92. The van der Waals surface area contributed by atoms with Crippen LogP contribution in [0.15, 0.2) is 0 Å². The molecule has 2 aliphatic rings. The Morgan fingerprint density at radius 1 is 1.25 bits per heavy atom. The molecule has 2 fully saturated rings. The van der Waals surface area contributed by atoms with Crippen LogP contribution in [0.1, 0.15) is 39.5 Å². The zero-order valence-electron chi connectivity index (χ0n) is 12.5. The Hall–Kier alpha value is -0.620. The summed E-state index contributed by atoms with van der Waals surface area (Å²) in [5.41, 5.74) is 0. The van der Waals surface area contributed by atoms with E-state index in [0.717, 1.165) is 38.8 Å². The smallest absolute Gasteiger partial charge is 0.225 e. The topological polar surface area (TPSA) is 66.5 Å². The van der Waals surface area contributed by atoms with Crippen molar-refractivity contribution in [2.45, 2.75) is 51.6 Å². The van der Waals surface area contributed by atoms with Gasteiger partial charge in [0, 0.05) is 36.8 Å². The maximum Gasteiger partial charge on any atom is 0.225 e. The van der Waals surface area contributed by atoms with Crippen molar-refractivity contribution in [2.24, 2.45) is 5.92 Å². The third-order valence-corrected chi connectivity index (χ3v) is 6.08. The molecular formula is C14H26N2O3S. The van der Waals surface area contributed by atoms with Gasteiger partial charge in [-0.2, -0.15) is 0 Å². The van der Waals surface area contributed by atoms with Crippen LogP contribution in [-0.4, -0.2) is 55.9 Å². The van der Waals surface area contributed by atoms with Crippen molar-refractivity contribution in [1.29, 1.82) is 0 Å². The van der Waals surface area contributed by atoms with Crippen LogP contribution >= 0.6 is 0 Å². The molecule has 0 aromatic rings. The van der Waals surface area contributed by atoms with Gasteiger partial charge in [0.2, 0.25) is 5.91 Å². The average Bonchev–Trinajstić information content (AvgIpc) is 3.22. The van der Waals surface area contributed by atoms with Gasteiger partial charge in [0.1, 0.15) is 0 Å². The minimum absolute atomic E-state index is 0.0179. The summed E-state index contributed by atoms with van der Waals surface area (Å²) in [5.74, 6) is 1.02. The number of piperidine rings is 1. The zero-order chi connectivity index (χ0) is 14.8. The quantitative estimate of drug-likeness (QED) is 0.788. The third-order valence-electron chi connectivity index (χ3n) is 4.20. The molecule has 1 amide bonds. The summed E-state index contributed by atoms with van der Waals surface area (Å²) in [6.45, 7) is 5.22. The molecule has 2 rings (SSSR count). The molecule has 0 bridgehead atoms. The largest absolute Gasteiger partial charge is 0.342 e. The van der Waals surface area contributed by atoms with Gasteiger partial charge in [-0.25, -0.2) is 8.42 Å². The molecule has 116 valence electrons. The molecule has 0 aromatic heterocycles. The normalized spacial score (nSPS) is 22.8. The van der Waals surface area contributed by atoms with Gasteiger partial charge < -0.3 is 10.2 Å². The second-order valence-electron chi connectivity index (χ2n) is 6.14. The predicted octanol–water partition coefficient (Wildman–Crippen LogP) is 0.800. The Labute approximate surface area is 122 Å². The Balaban J connectivity index is 1.72. The van der Waals surface area contributed by atoms with Gasteiger partial charge in [0.15, 0.2) is 9.84 Å². The van der Waals surface area contributed by atoms with Gasteiger partial charge in [-0.15, -0.1) is 0 Å². The van der Waals surface area contributed by atoms with Crippen molar-refractivity contribution in [3.63, 3.8) is 0 Å². The first-order chi connectivity index (χ1) is 9.41. The van der Waals surface area contributed by atoms with E-state index in [1.54, 1.807) is 6.92 Å². The highest BCUT2D eigenvalue weighted by Crippen LogP contribution is 2.31. The molecule has 0 radical (unpaired) electrons. The monoisotopic (exact) mass is 302 g/mol. The summed E-state index contributed by atoms with van der Waals surface area (Å²) in [6.07, 6.45) is 3.97. The van der Waals surface area contributed by atoms with Gasteiger partial charge in [-0.1, -0.05) is 6.92 Å². The Morgan fingerprint density at radius 3 is 2.35 bits per heavy atom. The molecule has 1 heterocycles. The summed E-state index contributed by atoms with van der Waals surface area (Å²) in [6, 6.07) is 0.316. The van der Waals surface area contributed by atoms with Crippen LogP contribution < -0.4 is 5.32 Å².